The van der Waals surface area contributed by atoms with Gasteiger partial charge in [0, 0.05) is 18.6 Å². The van der Waals surface area contributed by atoms with E-state index in [0.29, 0.717) is 11.0 Å². The Balaban J connectivity index is 2.25. The Morgan fingerprint density at radius 3 is 3.05 bits per heavy atom. The summed E-state index contributed by atoms with van der Waals surface area (Å²) in [7, 11) is 0. The maximum atomic E-state index is 12.6. The van der Waals surface area contributed by atoms with Crippen LogP contribution in [0.4, 0.5) is 5.95 Å². The number of aromatic nitrogens is 4. The Morgan fingerprint density at radius 1 is 1.48 bits per heavy atom. The molecule has 0 aliphatic rings. The Kier molecular flexibility index (Phi) is 3.12. The molecule has 21 heavy (non-hydrogen) atoms. The van der Waals surface area contributed by atoms with Crippen molar-refractivity contribution in [1.82, 2.24) is 19.5 Å². The highest BCUT2D eigenvalue weighted by Crippen LogP contribution is 2.22. The number of hydrogen-bond donors (Lipinski definition) is 2. The smallest absolute Gasteiger partial charge is 0.279 e. The summed E-state index contributed by atoms with van der Waals surface area (Å²) in [6.45, 7) is 0. The van der Waals surface area contributed by atoms with E-state index in [1.807, 2.05) is 0 Å². The maximum absolute atomic E-state index is 12.6. The summed E-state index contributed by atoms with van der Waals surface area (Å²) in [5.74, 6) is 0.0798. The molecule has 0 saturated heterocycles. The van der Waals surface area contributed by atoms with Gasteiger partial charge in [0.15, 0.2) is 0 Å². The molecule has 1 atom stereocenters. The van der Waals surface area contributed by atoms with Crippen LogP contribution < -0.4 is 11.3 Å². The Bertz CT molecular complexity index is 874. The van der Waals surface area contributed by atoms with E-state index in [1.54, 1.807) is 36.8 Å². The number of nitrogen functional groups attached to an aromatic ring is 1. The van der Waals surface area contributed by atoms with Gasteiger partial charge in [-0.2, -0.15) is 5.26 Å². The fraction of sp³-hybridized carbons (Fsp3) is 0.143. The zero-order valence-electron chi connectivity index (χ0n) is 11.0. The molecule has 0 radical (unpaired) electrons. The van der Waals surface area contributed by atoms with Crippen molar-refractivity contribution in [3.8, 4) is 6.07 Å². The van der Waals surface area contributed by atoms with Gasteiger partial charge in [0.25, 0.3) is 5.56 Å². The number of rotatable bonds is 3. The number of pyridine rings is 1. The van der Waals surface area contributed by atoms with Crippen LogP contribution in [0.25, 0.3) is 11.0 Å². The van der Waals surface area contributed by atoms with E-state index in [1.165, 1.54) is 4.57 Å². The molecule has 0 aliphatic heterocycles. The molecule has 0 aliphatic carbocycles. The van der Waals surface area contributed by atoms with Crippen LogP contribution in [-0.2, 0) is 0 Å². The van der Waals surface area contributed by atoms with Crippen LogP contribution >= 0.6 is 0 Å². The van der Waals surface area contributed by atoms with E-state index in [-0.39, 0.29) is 17.9 Å². The summed E-state index contributed by atoms with van der Waals surface area (Å²) in [5, 5.41) is 9.06. The highest BCUT2D eigenvalue weighted by atomic mass is 16.1. The third kappa shape index (κ3) is 2.12. The van der Waals surface area contributed by atoms with E-state index >= 15 is 0 Å². The fourth-order valence-corrected chi connectivity index (χ4v) is 2.35. The standard InChI is InChI=1S/C14H12N6O/c15-5-3-11(9-2-1-6-17-8-9)20-13(21)12-10(4-7-18-12)19-14(20)16/h1-2,4,6-8,11,18H,3H2,(H2,16,19). The second kappa shape index (κ2) is 5.09. The predicted molar refractivity (Wildman–Crippen MR) is 77.4 cm³/mol. The molecule has 3 N–H and O–H groups in total. The molecule has 7 nitrogen and oxygen atoms in total. The van der Waals surface area contributed by atoms with Gasteiger partial charge in [0.05, 0.1) is 24.0 Å². The molecule has 3 aromatic heterocycles. The molecule has 104 valence electrons. The largest absolute Gasteiger partial charge is 0.369 e. The first kappa shape index (κ1) is 12.9. The summed E-state index contributed by atoms with van der Waals surface area (Å²) < 4.78 is 1.33. The minimum absolute atomic E-state index is 0.0798. The van der Waals surface area contributed by atoms with E-state index in [4.69, 9.17) is 11.0 Å². The van der Waals surface area contributed by atoms with E-state index < -0.39 is 6.04 Å². The molecule has 0 amide bonds. The number of fused-ring (bicyclic) bond motifs is 1. The normalized spacial score (nSPS) is 12.1. The lowest BCUT2D eigenvalue weighted by Gasteiger charge is -2.18. The molecule has 0 spiro atoms. The van der Waals surface area contributed by atoms with Gasteiger partial charge in [-0.15, -0.1) is 0 Å². The Labute approximate surface area is 119 Å². The average molecular weight is 280 g/mol. The van der Waals surface area contributed by atoms with Crippen molar-refractivity contribution in [2.45, 2.75) is 12.5 Å². The quantitative estimate of drug-likeness (QED) is 0.748. The maximum Gasteiger partial charge on any atom is 0.279 e. The third-order valence-corrected chi connectivity index (χ3v) is 3.30. The Morgan fingerprint density at radius 2 is 2.33 bits per heavy atom. The van der Waals surface area contributed by atoms with Gasteiger partial charge in [0.1, 0.15) is 5.52 Å². The number of nitriles is 1. The highest BCUT2D eigenvalue weighted by molar-refractivity contribution is 5.74. The van der Waals surface area contributed by atoms with Crippen molar-refractivity contribution in [1.29, 1.82) is 5.26 Å². The van der Waals surface area contributed by atoms with Gasteiger partial charge >= 0.3 is 0 Å². The molecule has 0 bridgehead atoms. The van der Waals surface area contributed by atoms with Gasteiger partial charge < -0.3 is 10.7 Å². The zero-order valence-corrected chi connectivity index (χ0v) is 11.0. The number of nitrogens with zero attached hydrogens (tertiary/aromatic N) is 4. The summed E-state index contributed by atoms with van der Waals surface area (Å²) in [6.07, 6.45) is 4.98. The first-order chi connectivity index (χ1) is 10.2. The molecule has 3 aromatic rings. The molecule has 3 heterocycles. The van der Waals surface area contributed by atoms with Crippen LogP contribution in [0, 0.1) is 11.3 Å². The molecular weight excluding hydrogens is 268 g/mol. The molecular formula is C14H12N6O. The lowest BCUT2D eigenvalue weighted by molar-refractivity contribution is 0.579. The van der Waals surface area contributed by atoms with Crippen LogP contribution in [-0.4, -0.2) is 19.5 Å². The zero-order chi connectivity index (χ0) is 14.8. The van der Waals surface area contributed by atoms with Crippen molar-refractivity contribution in [3.05, 3.63) is 52.7 Å². The van der Waals surface area contributed by atoms with Crippen LogP contribution in [0.5, 0.6) is 0 Å². The van der Waals surface area contributed by atoms with Gasteiger partial charge in [-0.3, -0.25) is 14.3 Å². The van der Waals surface area contributed by atoms with Crippen LogP contribution in [0.3, 0.4) is 0 Å². The summed E-state index contributed by atoms with van der Waals surface area (Å²) in [4.78, 5) is 23.7. The molecule has 0 aromatic carbocycles. The summed E-state index contributed by atoms with van der Waals surface area (Å²) in [6, 6.07) is 6.80. The van der Waals surface area contributed by atoms with Gasteiger partial charge in [0.2, 0.25) is 5.95 Å². The second-order valence-corrected chi connectivity index (χ2v) is 4.55. The van der Waals surface area contributed by atoms with Gasteiger partial charge in [-0.05, 0) is 17.7 Å². The van der Waals surface area contributed by atoms with Crippen LogP contribution in [0.1, 0.15) is 18.0 Å². The van der Waals surface area contributed by atoms with Crippen molar-refractivity contribution in [3.63, 3.8) is 0 Å². The molecule has 0 saturated carbocycles. The predicted octanol–water partition coefficient (Wildman–Crippen LogP) is 1.20. The number of anilines is 1. The van der Waals surface area contributed by atoms with E-state index in [9.17, 15) is 4.79 Å². The topological polar surface area (TPSA) is 113 Å². The average Bonchev–Trinajstić information content (AvgIpc) is 2.95. The number of hydrogen-bond acceptors (Lipinski definition) is 5. The minimum atomic E-state index is -0.517. The molecule has 7 heteroatoms. The monoisotopic (exact) mass is 280 g/mol. The third-order valence-electron chi connectivity index (χ3n) is 3.30. The Hall–Kier alpha value is -3.14. The van der Waals surface area contributed by atoms with Crippen LogP contribution in [0.2, 0.25) is 0 Å². The van der Waals surface area contributed by atoms with Crippen molar-refractivity contribution < 1.29 is 0 Å². The number of nitrogens with one attached hydrogen (secondary N) is 1. The number of H-pyrrole nitrogens is 1. The van der Waals surface area contributed by atoms with Crippen molar-refractivity contribution in [2.75, 3.05) is 5.73 Å². The molecule has 0 fully saturated rings. The fourth-order valence-electron chi connectivity index (χ4n) is 2.35. The van der Waals surface area contributed by atoms with Crippen molar-refractivity contribution in [2.24, 2.45) is 0 Å². The lowest BCUT2D eigenvalue weighted by Crippen LogP contribution is -2.29. The number of aromatic amines is 1. The van der Waals surface area contributed by atoms with Crippen molar-refractivity contribution >= 4 is 17.0 Å². The van der Waals surface area contributed by atoms with Gasteiger partial charge in [-0.25, -0.2) is 4.98 Å². The minimum Gasteiger partial charge on any atom is -0.369 e. The second-order valence-electron chi connectivity index (χ2n) is 4.55. The summed E-state index contributed by atoms with van der Waals surface area (Å²) in [5.41, 5.74) is 7.24. The first-order valence-corrected chi connectivity index (χ1v) is 6.34. The SMILES string of the molecule is N#CCC(c1cccnc1)n1c(N)nc2cc[nH]c2c1=O. The number of nitrogens with two attached hydrogens (primary N) is 1. The summed E-state index contributed by atoms with van der Waals surface area (Å²) >= 11 is 0. The highest BCUT2D eigenvalue weighted by Gasteiger charge is 2.20. The molecule has 1 unspecified atom stereocenters. The van der Waals surface area contributed by atoms with E-state index in [0.717, 1.165) is 5.56 Å². The van der Waals surface area contributed by atoms with Gasteiger partial charge in [-0.1, -0.05) is 6.07 Å². The van der Waals surface area contributed by atoms with E-state index in [2.05, 4.69) is 21.0 Å². The van der Waals surface area contributed by atoms with Crippen LogP contribution in [0.15, 0.2) is 41.6 Å². The lowest BCUT2D eigenvalue weighted by atomic mass is 10.1. The molecule has 3 rings (SSSR count). The first-order valence-electron chi connectivity index (χ1n) is 6.34.